The number of benzene rings is 1. The minimum atomic E-state index is -3.19. The van der Waals surface area contributed by atoms with Crippen molar-refractivity contribution in [2.24, 2.45) is 0 Å². The fourth-order valence-corrected chi connectivity index (χ4v) is 2.15. The average Bonchev–Trinajstić information content (AvgIpc) is 2.19. The third-order valence-corrected chi connectivity index (χ3v) is 2.88. The molecule has 0 fully saturated rings. The summed E-state index contributed by atoms with van der Waals surface area (Å²) >= 11 is 4.08. The Balaban J connectivity index is 3.29. The number of Topliss-reactive ketones (excluding diaryl/α,β-unsaturated/α-hetero) is 1. The monoisotopic (exact) mass is 298 g/mol. The molecule has 0 spiro atoms. The smallest absolute Gasteiger partial charge is 0.288 e. The van der Waals surface area contributed by atoms with Gasteiger partial charge in [0.25, 0.3) is 0 Å². The van der Waals surface area contributed by atoms with E-state index < -0.39 is 23.6 Å². The van der Waals surface area contributed by atoms with E-state index in [1.165, 1.54) is 6.07 Å². The average molecular weight is 299 g/mol. The highest BCUT2D eigenvalue weighted by Crippen LogP contribution is 2.28. The van der Waals surface area contributed by atoms with Gasteiger partial charge in [-0.25, -0.2) is 13.2 Å². The summed E-state index contributed by atoms with van der Waals surface area (Å²) in [6, 6.07) is 2.49. The zero-order valence-corrected chi connectivity index (χ0v) is 9.96. The SMILES string of the molecule is CSc1cc(Br)cc(C(=O)C(F)F)c1F. The molecule has 0 aliphatic carbocycles. The lowest BCUT2D eigenvalue weighted by Crippen LogP contribution is -2.12. The van der Waals surface area contributed by atoms with Crippen molar-refractivity contribution < 1.29 is 18.0 Å². The number of hydrogen-bond acceptors (Lipinski definition) is 2. The number of ketones is 1. The van der Waals surface area contributed by atoms with Crippen molar-refractivity contribution in [1.82, 2.24) is 0 Å². The Morgan fingerprint density at radius 2 is 2.07 bits per heavy atom. The van der Waals surface area contributed by atoms with E-state index in [9.17, 15) is 18.0 Å². The summed E-state index contributed by atoms with van der Waals surface area (Å²) in [4.78, 5) is 11.1. The Morgan fingerprint density at radius 1 is 1.47 bits per heavy atom. The third kappa shape index (κ3) is 2.75. The maximum absolute atomic E-state index is 13.5. The molecule has 0 saturated heterocycles. The lowest BCUT2D eigenvalue weighted by atomic mass is 10.1. The van der Waals surface area contributed by atoms with E-state index >= 15 is 0 Å². The third-order valence-electron chi connectivity index (χ3n) is 1.69. The van der Waals surface area contributed by atoms with Crippen LogP contribution in [0.15, 0.2) is 21.5 Å². The predicted octanol–water partition coefficient (Wildman–Crippen LogP) is 3.76. The number of carbonyl (C=O) groups is 1. The summed E-state index contributed by atoms with van der Waals surface area (Å²) in [5.41, 5.74) is -0.580. The topological polar surface area (TPSA) is 17.1 Å². The van der Waals surface area contributed by atoms with Gasteiger partial charge in [-0.3, -0.25) is 4.79 Å². The van der Waals surface area contributed by atoms with Crippen molar-refractivity contribution in [2.45, 2.75) is 11.3 Å². The fourth-order valence-electron chi connectivity index (χ4n) is 1.01. The van der Waals surface area contributed by atoms with Gasteiger partial charge in [0.1, 0.15) is 5.82 Å². The van der Waals surface area contributed by atoms with Crippen LogP contribution in [0.4, 0.5) is 13.2 Å². The van der Waals surface area contributed by atoms with Gasteiger partial charge in [-0.05, 0) is 18.4 Å². The van der Waals surface area contributed by atoms with E-state index in [4.69, 9.17) is 0 Å². The molecule has 0 aromatic heterocycles. The highest BCUT2D eigenvalue weighted by atomic mass is 79.9. The first-order valence-corrected chi connectivity index (χ1v) is 5.84. The van der Waals surface area contributed by atoms with Gasteiger partial charge in [-0.15, -0.1) is 11.8 Å². The van der Waals surface area contributed by atoms with E-state index in [1.807, 2.05) is 0 Å². The van der Waals surface area contributed by atoms with Gasteiger partial charge in [0.15, 0.2) is 0 Å². The predicted molar refractivity (Wildman–Crippen MR) is 56.2 cm³/mol. The number of alkyl halides is 2. The van der Waals surface area contributed by atoms with Crippen LogP contribution < -0.4 is 0 Å². The van der Waals surface area contributed by atoms with Crippen LogP contribution in [-0.4, -0.2) is 18.5 Å². The van der Waals surface area contributed by atoms with Gasteiger partial charge in [-0.2, -0.15) is 0 Å². The molecule has 0 aliphatic rings. The summed E-state index contributed by atoms with van der Waals surface area (Å²) < 4.78 is 38.1. The Labute approximate surface area is 97.2 Å². The van der Waals surface area contributed by atoms with Crippen LogP contribution in [-0.2, 0) is 0 Å². The van der Waals surface area contributed by atoms with Crippen molar-refractivity contribution in [3.63, 3.8) is 0 Å². The Morgan fingerprint density at radius 3 is 2.53 bits per heavy atom. The molecular weight excluding hydrogens is 293 g/mol. The second kappa shape index (κ2) is 5.03. The van der Waals surface area contributed by atoms with E-state index in [1.54, 1.807) is 6.26 Å². The molecule has 1 rings (SSSR count). The number of halogens is 4. The van der Waals surface area contributed by atoms with Crippen LogP contribution in [0.2, 0.25) is 0 Å². The summed E-state index contributed by atoms with van der Waals surface area (Å²) in [5.74, 6) is -2.39. The number of thioether (sulfide) groups is 1. The molecular formula is C9H6BrF3OS. The van der Waals surface area contributed by atoms with Gasteiger partial charge in [0.2, 0.25) is 5.78 Å². The molecule has 15 heavy (non-hydrogen) atoms. The van der Waals surface area contributed by atoms with E-state index in [0.717, 1.165) is 17.8 Å². The first kappa shape index (κ1) is 12.6. The molecule has 82 valence electrons. The molecule has 0 unspecified atom stereocenters. The molecule has 0 heterocycles. The molecule has 1 nitrogen and oxygen atoms in total. The van der Waals surface area contributed by atoms with Gasteiger partial charge < -0.3 is 0 Å². The molecule has 0 saturated carbocycles. The number of rotatable bonds is 3. The minimum absolute atomic E-state index is 0.161. The first-order chi connectivity index (χ1) is 6.97. The highest BCUT2D eigenvalue weighted by Gasteiger charge is 2.23. The highest BCUT2D eigenvalue weighted by molar-refractivity contribution is 9.10. The van der Waals surface area contributed by atoms with Crippen LogP contribution in [0.5, 0.6) is 0 Å². The maximum Gasteiger partial charge on any atom is 0.300 e. The standard InChI is InChI=1S/C9H6BrF3OS/c1-15-6-3-4(10)2-5(7(6)11)8(14)9(12)13/h2-3,9H,1H3. The van der Waals surface area contributed by atoms with E-state index in [2.05, 4.69) is 15.9 Å². The number of carbonyl (C=O) groups excluding carboxylic acids is 1. The van der Waals surface area contributed by atoms with Crippen molar-refractivity contribution in [3.05, 3.63) is 28.0 Å². The molecule has 0 bridgehead atoms. The molecule has 6 heteroatoms. The maximum atomic E-state index is 13.5. The van der Waals surface area contributed by atoms with Crippen molar-refractivity contribution in [1.29, 1.82) is 0 Å². The van der Waals surface area contributed by atoms with Crippen LogP contribution in [0.3, 0.4) is 0 Å². The van der Waals surface area contributed by atoms with E-state index in [-0.39, 0.29) is 4.90 Å². The van der Waals surface area contributed by atoms with Crippen molar-refractivity contribution in [3.8, 4) is 0 Å². The van der Waals surface area contributed by atoms with Crippen molar-refractivity contribution >= 4 is 33.5 Å². The normalized spacial score (nSPS) is 10.8. The first-order valence-electron chi connectivity index (χ1n) is 3.82. The van der Waals surface area contributed by atoms with Gasteiger partial charge >= 0.3 is 6.43 Å². The van der Waals surface area contributed by atoms with Crippen LogP contribution >= 0.6 is 27.7 Å². The van der Waals surface area contributed by atoms with Gasteiger partial charge in [0, 0.05) is 9.37 Å². The largest absolute Gasteiger partial charge is 0.300 e. The zero-order chi connectivity index (χ0) is 11.6. The zero-order valence-electron chi connectivity index (χ0n) is 7.56. The Bertz CT molecular complexity index is 395. The molecule has 0 N–H and O–H groups in total. The van der Waals surface area contributed by atoms with E-state index in [0.29, 0.717) is 4.47 Å². The van der Waals surface area contributed by atoms with Gasteiger partial charge in [0.05, 0.1) is 5.56 Å². The second-order valence-corrected chi connectivity index (χ2v) is 4.40. The summed E-state index contributed by atoms with van der Waals surface area (Å²) in [6.45, 7) is 0. The lowest BCUT2D eigenvalue weighted by Gasteiger charge is -2.06. The summed E-state index contributed by atoms with van der Waals surface area (Å²) in [5, 5.41) is 0. The molecule has 0 aliphatic heterocycles. The Hall–Kier alpha value is -0.490. The fraction of sp³-hybridized carbons (Fsp3) is 0.222. The quantitative estimate of drug-likeness (QED) is 0.624. The molecule has 0 radical (unpaired) electrons. The Kier molecular flexibility index (Phi) is 4.21. The molecule has 0 amide bonds. The summed E-state index contributed by atoms with van der Waals surface area (Å²) in [6.07, 6.45) is -1.59. The molecule has 0 atom stereocenters. The van der Waals surface area contributed by atoms with Crippen molar-refractivity contribution in [2.75, 3.05) is 6.26 Å². The molecule has 1 aromatic carbocycles. The minimum Gasteiger partial charge on any atom is -0.288 e. The second-order valence-electron chi connectivity index (χ2n) is 2.63. The summed E-state index contributed by atoms with van der Waals surface area (Å²) in [7, 11) is 0. The van der Waals surface area contributed by atoms with Crippen LogP contribution in [0, 0.1) is 5.82 Å². The lowest BCUT2D eigenvalue weighted by molar-refractivity contribution is 0.0673. The van der Waals surface area contributed by atoms with Gasteiger partial charge in [-0.1, -0.05) is 15.9 Å². The molecule has 1 aromatic rings. The number of hydrogen-bond donors (Lipinski definition) is 0. The van der Waals surface area contributed by atoms with Crippen LogP contribution in [0.1, 0.15) is 10.4 Å². The van der Waals surface area contributed by atoms with Crippen LogP contribution in [0.25, 0.3) is 0 Å².